The van der Waals surface area contributed by atoms with Gasteiger partial charge in [-0.05, 0) is 12.1 Å². The van der Waals surface area contributed by atoms with E-state index in [-0.39, 0.29) is 5.75 Å². The minimum Gasteiger partial charge on any atom is -0.223 e. The first-order chi connectivity index (χ1) is 5.67. The molecule has 0 unspecified atom stereocenters. The number of hydrogen-bond acceptors (Lipinski definition) is 2. The van der Waals surface area contributed by atoms with Crippen LogP contribution in [-0.4, -0.2) is 14.2 Å². The third-order valence-corrected chi connectivity index (χ3v) is 3.10. The summed E-state index contributed by atoms with van der Waals surface area (Å²) in [5.74, 6) is -0.00296. The Kier molecular flexibility index (Phi) is 2.65. The Morgan fingerprint density at radius 2 is 1.83 bits per heavy atom. The largest absolute Gasteiger partial charge is 0.223 e. The van der Waals surface area contributed by atoms with Gasteiger partial charge in [-0.25, -0.2) is 8.42 Å². The molecule has 0 spiro atoms. The Labute approximate surface area is 72.5 Å². The Bertz CT molecular complexity index is 351. The zero-order chi connectivity index (χ0) is 9.03. The molecule has 64 valence electrons. The average molecular weight is 182 g/mol. The van der Waals surface area contributed by atoms with Gasteiger partial charge in [-0.2, -0.15) is 0 Å². The van der Waals surface area contributed by atoms with E-state index >= 15 is 0 Å². The number of hydrogen-bond donors (Lipinski definition) is 0. The summed E-state index contributed by atoms with van der Waals surface area (Å²) in [5, 5.41) is 0. The Morgan fingerprint density at radius 3 is 2.33 bits per heavy atom. The van der Waals surface area contributed by atoms with Gasteiger partial charge in [0.25, 0.3) is 0 Å². The van der Waals surface area contributed by atoms with Gasteiger partial charge >= 0.3 is 0 Å². The average Bonchev–Trinajstić information content (AvgIpc) is 2.06. The van der Waals surface area contributed by atoms with Crippen molar-refractivity contribution in [3.05, 3.63) is 43.0 Å². The smallest absolute Gasteiger partial charge is 0.181 e. The van der Waals surface area contributed by atoms with Crippen LogP contribution in [-0.2, 0) is 9.84 Å². The molecule has 0 radical (unpaired) electrons. The molecule has 1 rings (SSSR count). The van der Waals surface area contributed by atoms with Crippen molar-refractivity contribution in [2.45, 2.75) is 4.90 Å². The van der Waals surface area contributed by atoms with Gasteiger partial charge in [0.05, 0.1) is 10.6 Å². The van der Waals surface area contributed by atoms with Crippen LogP contribution in [0.25, 0.3) is 0 Å². The molecule has 0 aliphatic heterocycles. The molecule has 0 aliphatic rings. The molecule has 2 nitrogen and oxygen atoms in total. The van der Waals surface area contributed by atoms with Crippen molar-refractivity contribution in [1.82, 2.24) is 0 Å². The van der Waals surface area contributed by atoms with E-state index < -0.39 is 9.84 Å². The van der Waals surface area contributed by atoms with Gasteiger partial charge in [-0.3, -0.25) is 0 Å². The second-order valence-electron chi connectivity index (χ2n) is 2.38. The van der Waals surface area contributed by atoms with E-state index in [0.717, 1.165) is 0 Å². The monoisotopic (exact) mass is 182 g/mol. The molecule has 1 aromatic rings. The van der Waals surface area contributed by atoms with Crippen LogP contribution in [0.4, 0.5) is 0 Å². The summed E-state index contributed by atoms with van der Waals surface area (Å²) >= 11 is 0. The SMILES string of the molecule is C=CCS(=O)(=O)c1ccccc1. The minimum absolute atomic E-state index is 0.00296. The molecule has 0 N–H and O–H groups in total. The summed E-state index contributed by atoms with van der Waals surface area (Å²) in [5.41, 5.74) is 0. The maximum atomic E-state index is 11.4. The Morgan fingerprint density at radius 1 is 1.25 bits per heavy atom. The Balaban J connectivity index is 3.07. The molecule has 0 atom stereocenters. The fourth-order valence-electron chi connectivity index (χ4n) is 0.879. The van der Waals surface area contributed by atoms with Gasteiger partial charge in [0.2, 0.25) is 0 Å². The highest BCUT2D eigenvalue weighted by atomic mass is 32.2. The van der Waals surface area contributed by atoms with Crippen molar-refractivity contribution in [2.24, 2.45) is 0 Å². The molecule has 0 bridgehead atoms. The van der Waals surface area contributed by atoms with E-state index in [9.17, 15) is 8.42 Å². The van der Waals surface area contributed by atoms with E-state index in [4.69, 9.17) is 0 Å². The minimum atomic E-state index is -3.13. The lowest BCUT2D eigenvalue weighted by atomic mass is 10.4. The quantitative estimate of drug-likeness (QED) is 0.666. The van der Waals surface area contributed by atoms with Crippen LogP contribution < -0.4 is 0 Å². The third kappa shape index (κ3) is 1.95. The van der Waals surface area contributed by atoms with Gasteiger partial charge in [0.1, 0.15) is 0 Å². The first kappa shape index (κ1) is 9.00. The van der Waals surface area contributed by atoms with E-state index in [1.807, 2.05) is 0 Å². The van der Waals surface area contributed by atoms with Crippen LogP contribution in [0.5, 0.6) is 0 Å². The van der Waals surface area contributed by atoms with Crippen molar-refractivity contribution in [3.8, 4) is 0 Å². The van der Waals surface area contributed by atoms with Crippen molar-refractivity contribution < 1.29 is 8.42 Å². The molecule has 0 heterocycles. The number of benzene rings is 1. The van der Waals surface area contributed by atoms with E-state index in [2.05, 4.69) is 6.58 Å². The first-order valence-corrected chi connectivity index (χ1v) is 5.21. The summed E-state index contributed by atoms with van der Waals surface area (Å²) in [6, 6.07) is 8.36. The molecule has 0 amide bonds. The van der Waals surface area contributed by atoms with Crippen molar-refractivity contribution >= 4 is 9.84 Å². The summed E-state index contributed by atoms with van der Waals surface area (Å²) in [7, 11) is -3.13. The molecule has 3 heteroatoms. The summed E-state index contributed by atoms with van der Waals surface area (Å²) in [4.78, 5) is 0.352. The molecule has 0 fully saturated rings. The normalized spacial score (nSPS) is 11.0. The van der Waals surface area contributed by atoms with Crippen LogP contribution in [0.1, 0.15) is 0 Å². The van der Waals surface area contributed by atoms with Crippen LogP contribution in [0.3, 0.4) is 0 Å². The molecule has 0 saturated heterocycles. The number of rotatable bonds is 3. The van der Waals surface area contributed by atoms with E-state index in [1.54, 1.807) is 30.3 Å². The Hall–Kier alpha value is -1.09. The summed E-state index contributed by atoms with van der Waals surface area (Å²) in [6.45, 7) is 3.39. The van der Waals surface area contributed by atoms with Gasteiger partial charge in [-0.15, -0.1) is 6.58 Å². The van der Waals surface area contributed by atoms with E-state index in [0.29, 0.717) is 4.90 Å². The highest BCUT2D eigenvalue weighted by Crippen LogP contribution is 2.09. The van der Waals surface area contributed by atoms with Gasteiger partial charge in [0, 0.05) is 0 Å². The molecule has 1 aromatic carbocycles. The molecule has 0 aromatic heterocycles. The van der Waals surface area contributed by atoms with Gasteiger partial charge < -0.3 is 0 Å². The molecule has 0 aliphatic carbocycles. The highest BCUT2D eigenvalue weighted by molar-refractivity contribution is 7.91. The second kappa shape index (κ2) is 3.54. The zero-order valence-corrected chi connectivity index (χ0v) is 7.42. The lowest BCUT2D eigenvalue weighted by Gasteiger charge is -1.98. The highest BCUT2D eigenvalue weighted by Gasteiger charge is 2.09. The van der Waals surface area contributed by atoms with Crippen LogP contribution in [0.2, 0.25) is 0 Å². The van der Waals surface area contributed by atoms with Gasteiger partial charge in [-0.1, -0.05) is 24.3 Å². The predicted octanol–water partition coefficient (Wildman–Crippen LogP) is 1.65. The second-order valence-corrected chi connectivity index (χ2v) is 4.42. The maximum absolute atomic E-state index is 11.4. The lowest BCUT2D eigenvalue weighted by molar-refractivity contribution is 0.599. The van der Waals surface area contributed by atoms with Crippen LogP contribution in [0, 0.1) is 0 Å². The topological polar surface area (TPSA) is 34.1 Å². The fraction of sp³-hybridized carbons (Fsp3) is 0.111. The summed E-state index contributed by atoms with van der Waals surface area (Å²) < 4.78 is 22.7. The van der Waals surface area contributed by atoms with Crippen molar-refractivity contribution in [2.75, 3.05) is 5.75 Å². The first-order valence-electron chi connectivity index (χ1n) is 3.55. The van der Waals surface area contributed by atoms with Crippen LogP contribution >= 0.6 is 0 Å². The fourth-order valence-corrected chi connectivity index (χ4v) is 1.95. The summed E-state index contributed by atoms with van der Waals surface area (Å²) in [6.07, 6.45) is 1.39. The lowest BCUT2D eigenvalue weighted by Crippen LogP contribution is -2.03. The molecule has 12 heavy (non-hydrogen) atoms. The van der Waals surface area contributed by atoms with Gasteiger partial charge in [0.15, 0.2) is 9.84 Å². The standard InChI is InChI=1S/C9H10O2S/c1-2-8-12(10,11)9-6-4-3-5-7-9/h2-7H,1,8H2. The number of sulfone groups is 1. The molecule has 0 saturated carbocycles. The molecular weight excluding hydrogens is 172 g/mol. The van der Waals surface area contributed by atoms with Crippen molar-refractivity contribution in [1.29, 1.82) is 0 Å². The molecular formula is C9H10O2S. The predicted molar refractivity (Wildman–Crippen MR) is 48.7 cm³/mol. The zero-order valence-electron chi connectivity index (χ0n) is 6.60. The van der Waals surface area contributed by atoms with Crippen molar-refractivity contribution in [3.63, 3.8) is 0 Å². The van der Waals surface area contributed by atoms with Crippen LogP contribution in [0.15, 0.2) is 47.9 Å². The third-order valence-electron chi connectivity index (χ3n) is 1.44. The maximum Gasteiger partial charge on any atom is 0.181 e. The van der Waals surface area contributed by atoms with E-state index in [1.165, 1.54) is 6.08 Å².